The first kappa shape index (κ1) is 34.4. The van der Waals surface area contributed by atoms with Gasteiger partial charge in [0.05, 0.1) is 36.7 Å². The summed E-state index contributed by atoms with van der Waals surface area (Å²) < 4.78 is 66.2. The van der Waals surface area contributed by atoms with Gasteiger partial charge in [-0.25, -0.2) is 32.3 Å². The molecule has 0 bridgehead atoms. The maximum Gasteiger partial charge on any atom is 0.338 e. The van der Waals surface area contributed by atoms with E-state index in [9.17, 15) is 28.3 Å². The lowest BCUT2D eigenvalue weighted by Gasteiger charge is -2.35. The number of carbonyl (C=O) groups excluding carboxylic acids is 2. The molecule has 2 N–H and O–H groups in total. The maximum atomic E-state index is 15.9. The smallest absolute Gasteiger partial charge is 0.338 e. The molecular formula is C31H36F4N6O5S. The first-order valence-corrected chi connectivity index (χ1v) is 15.9. The summed E-state index contributed by atoms with van der Waals surface area (Å²) in [6, 6.07) is -1.29. The number of nitrogens with zero attached hydrogens (tertiary/aromatic N) is 5. The number of amidine groups is 1. The Labute approximate surface area is 272 Å². The standard InChI is InChI=1S/C31H36F4N6O5S/c1-6-46-28(43)22-20(37-26(27-36-10-12-47-27)38-24(22)18-7-8-19(32)23(33)16(18)2)13-39-15-31(34,35)25-21(39)14-41(17(3)42)40(25)11-9-30(4,5)29(44)45/h7-8,10,12,21,24-25H,6,9,11,13-15H2,1-5H3,(H,37,38)(H,44,45)/t21-,24?,25+/m0/s1. The predicted molar refractivity (Wildman–Crippen MR) is 164 cm³/mol. The number of aliphatic imine (C=N–C) groups is 1. The van der Waals surface area contributed by atoms with Crippen LogP contribution in [0, 0.1) is 24.0 Å². The van der Waals surface area contributed by atoms with Gasteiger partial charge in [0.1, 0.15) is 12.1 Å². The van der Waals surface area contributed by atoms with Gasteiger partial charge in [0.2, 0.25) is 5.91 Å². The average molecular weight is 681 g/mol. The molecule has 2 saturated heterocycles. The summed E-state index contributed by atoms with van der Waals surface area (Å²) in [5.41, 5.74) is -1.03. The van der Waals surface area contributed by atoms with Crippen molar-refractivity contribution < 1.29 is 41.8 Å². The Hall–Kier alpha value is -3.89. The van der Waals surface area contributed by atoms with Gasteiger partial charge in [0.15, 0.2) is 22.5 Å². The molecule has 254 valence electrons. The fourth-order valence-corrected chi connectivity index (χ4v) is 6.87. The third-order valence-electron chi connectivity index (χ3n) is 8.87. The molecule has 5 rings (SSSR count). The Bertz CT molecular complexity index is 1630. The molecule has 47 heavy (non-hydrogen) atoms. The number of alkyl halides is 2. The number of fused-ring (bicyclic) bond motifs is 1. The number of aliphatic carboxylic acids is 1. The fourth-order valence-electron chi connectivity index (χ4n) is 6.28. The molecule has 2 fully saturated rings. The molecule has 3 atom stereocenters. The number of rotatable bonds is 10. The third-order valence-corrected chi connectivity index (χ3v) is 9.65. The van der Waals surface area contributed by atoms with Crippen molar-refractivity contribution in [3.05, 3.63) is 62.7 Å². The van der Waals surface area contributed by atoms with Crippen molar-refractivity contribution in [3.8, 4) is 0 Å². The van der Waals surface area contributed by atoms with Gasteiger partial charge in [-0.05, 0) is 51.3 Å². The quantitative estimate of drug-likeness (QED) is 0.284. The highest BCUT2D eigenvalue weighted by molar-refractivity contribution is 7.11. The van der Waals surface area contributed by atoms with E-state index in [4.69, 9.17) is 4.74 Å². The second-order valence-electron chi connectivity index (χ2n) is 12.4. The SMILES string of the molecule is CCOC(=O)C1=C(CN2CC(F)(F)[C@H]3[C@@H]2CN(C(C)=O)N3CCC(C)(C)C(=O)O)NC(c2nccs2)=NC1c1ccc(F)c(F)c1C. The lowest BCUT2D eigenvalue weighted by Crippen LogP contribution is -2.52. The molecular weight excluding hydrogens is 644 g/mol. The number of hydrogen-bond acceptors (Lipinski definition) is 10. The molecule has 4 heterocycles. The first-order valence-electron chi connectivity index (χ1n) is 15.1. The topological polar surface area (TPSA) is 128 Å². The van der Waals surface area contributed by atoms with Crippen LogP contribution < -0.4 is 5.32 Å². The minimum absolute atomic E-state index is 0.00796. The maximum absolute atomic E-state index is 15.9. The van der Waals surface area contributed by atoms with Crippen molar-refractivity contribution in [2.75, 3.05) is 32.8 Å². The highest BCUT2D eigenvalue weighted by atomic mass is 32.1. The van der Waals surface area contributed by atoms with Crippen LogP contribution in [-0.4, -0.2) is 99.5 Å². The van der Waals surface area contributed by atoms with Crippen LogP contribution in [-0.2, 0) is 19.1 Å². The number of aromatic nitrogens is 1. The lowest BCUT2D eigenvalue weighted by molar-refractivity contribution is -0.156. The Morgan fingerprint density at radius 3 is 2.57 bits per heavy atom. The molecule has 0 aliphatic carbocycles. The Morgan fingerprint density at radius 1 is 1.23 bits per heavy atom. The molecule has 16 heteroatoms. The monoisotopic (exact) mass is 680 g/mol. The van der Waals surface area contributed by atoms with Crippen LogP contribution in [0.4, 0.5) is 17.6 Å². The van der Waals surface area contributed by atoms with Gasteiger partial charge in [0.25, 0.3) is 5.92 Å². The summed E-state index contributed by atoms with van der Waals surface area (Å²) in [5, 5.41) is 17.3. The van der Waals surface area contributed by atoms with Gasteiger partial charge in [-0.2, -0.15) is 0 Å². The number of esters is 1. The zero-order valence-electron chi connectivity index (χ0n) is 26.5. The fraction of sp³-hybridized carbons (Fsp3) is 0.516. The van der Waals surface area contributed by atoms with Crippen LogP contribution in [0.25, 0.3) is 0 Å². The molecule has 3 aliphatic rings. The molecule has 0 spiro atoms. The third kappa shape index (κ3) is 6.50. The molecule has 3 aliphatic heterocycles. The van der Waals surface area contributed by atoms with Gasteiger partial charge in [-0.3, -0.25) is 24.5 Å². The summed E-state index contributed by atoms with van der Waals surface area (Å²) >= 11 is 1.23. The normalized spacial score (nSPS) is 23.0. The van der Waals surface area contributed by atoms with Crippen molar-refractivity contribution in [2.45, 2.75) is 65.1 Å². The van der Waals surface area contributed by atoms with Crippen LogP contribution in [0.3, 0.4) is 0 Å². The number of amides is 1. The van der Waals surface area contributed by atoms with Gasteiger partial charge < -0.3 is 15.2 Å². The number of ether oxygens (including phenoxy) is 1. The highest BCUT2D eigenvalue weighted by Crippen LogP contribution is 2.43. The summed E-state index contributed by atoms with van der Waals surface area (Å²) in [6.45, 7) is 6.01. The van der Waals surface area contributed by atoms with Crippen LogP contribution in [0.15, 0.2) is 40.0 Å². The molecule has 1 aromatic heterocycles. The number of carboxylic acid groups (broad SMARTS) is 1. The number of carbonyl (C=O) groups is 3. The Morgan fingerprint density at radius 2 is 1.96 bits per heavy atom. The van der Waals surface area contributed by atoms with E-state index in [0.717, 1.165) is 6.07 Å². The molecule has 1 aromatic carbocycles. The van der Waals surface area contributed by atoms with E-state index in [0.29, 0.717) is 5.01 Å². The number of hydrogen-bond donors (Lipinski definition) is 2. The van der Waals surface area contributed by atoms with E-state index >= 15 is 8.78 Å². The number of likely N-dealkylation sites (tertiary alicyclic amines) is 1. The lowest BCUT2D eigenvalue weighted by atomic mass is 9.89. The van der Waals surface area contributed by atoms with Crippen LogP contribution in [0.2, 0.25) is 0 Å². The van der Waals surface area contributed by atoms with Crippen LogP contribution in [0.5, 0.6) is 0 Å². The summed E-state index contributed by atoms with van der Waals surface area (Å²) in [5.74, 6) is -7.70. The average Bonchev–Trinajstić information content (AvgIpc) is 3.72. The van der Waals surface area contributed by atoms with Crippen molar-refractivity contribution in [2.24, 2.45) is 10.4 Å². The minimum atomic E-state index is -3.33. The zero-order valence-corrected chi connectivity index (χ0v) is 27.3. The number of hydrazine groups is 1. The van der Waals surface area contributed by atoms with E-state index in [2.05, 4.69) is 15.3 Å². The van der Waals surface area contributed by atoms with E-state index < -0.39 is 65.5 Å². The Balaban J connectivity index is 1.57. The largest absolute Gasteiger partial charge is 0.481 e. The van der Waals surface area contributed by atoms with Gasteiger partial charge >= 0.3 is 11.9 Å². The first-order chi connectivity index (χ1) is 22.1. The molecule has 0 radical (unpaired) electrons. The number of halogens is 4. The van der Waals surface area contributed by atoms with Crippen molar-refractivity contribution >= 4 is 35.0 Å². The predicted octanol–water partition coefficient (Wildman–Crippen LogP) is 3.91. The molecule has 0 saturated carbocycles. The van der Waals surface area contributed by atoms with Gasteiger partial charge in [-0.1, -0.05) is 6.07 Å². The Kier molecular flexibility index (Phi) is 9.50. The van der Waals surface area contributed by atoms with E-state index in [1.807, 2.05) is 0 Å². The molecule has 1 unspecified atom stereocenters. The van der Waals surface area contributed by atoms with Crippen LogP contribution in [0.1, 0.15) is 56.3 Å². The van der Waals surface area contributed by atoms with E-state index in [-0.39, 0.29) is 60.9 Å². The van der Waals surface area contributed by atoms with Crippen molar-refractivity contribution in [1.29, 1.82) is 0 Å². The number of carboxylic acids is 1. The number of benzene rings is 1. The van der Waals surface area contributed by atoms with Gasteiger partial charge in [0, 0.05) is 37.3 Å². The zero-order chi connectivity index (χ0) is 34.4. The highest BCUT2D eigenvalue weighted by Gasteiger charge is 2.62. The second kappa shape index (κ2) is 13.0. The molecule has 2 aromatic rings. The van der Waals surface area contributed by atoms with E-state index in [1.165, 1.54) is 66.2 Å². The number of thiazole rings is 1. The van der Waals surface area contributed by atoms with Crippen molar-refractivity contribution in [3.63, 3.8) is 0 Å². The molecule has 1 amide bonds. The van der Waals surface area contributed by atoms with Crippen LogP contribution >= 0.6 is 11.3 Å². The second-order valence-corrected chi connectivity index (χ2v) is 13.3. The number of nitrogens with one attached hydrogen (secondary N) is 1. The summed E-state index contributed by atoms with van der Waals surface area (Å²) in [4.78, 5) is 48.4. The molecule has 11 nitrogen and oxygen atoms in total. The summed E-state index contributed by atoms with van der Waals surface area (Å²) in [7, 11) is 0. The minimum Gasteiger partial charge on any atom is -0.481 e. The summed E-state index contributed by atoms with van der Waals surface area (Å²) in [6.07, 6.45) is 1.54. The van der Waals surface area contributed by atoms with Gasteiger partial charge in [-0.15, -0.1) is 11.3 Å². The van der Waals surface area contributed by atoms with Crippen molar-refractivity contribution in [1.82, 2.24) is 25.2 Å². The van der Waals surface area contributed by atoms with E-state index in [1.54, 1.807) is 12.3 Å².